The number of rotatable bonds is 5. The third-order valence-electron chi connectivity index (χ3n) is 3.69. The number of ketones is 2. The maximum atomic E-state index is 12.3. The molecule has 2 nitrogen and oxygen atoms in total. The van der Waals surface area contributed by atoms with Gasteiger partial charge in [-0.3, -0.25) is 9.59 Å². The molecule has 2 unspecified atom stereocenters. The number of carbonyl (C=O) groups excluding carboxylic acids is 2. The zero-order valence-electron chi connectivity index (χ0n) is 12.3. The smallest absolute Gasteiger partial charge is 0.138 e. The Balaban J connectivity index is 2.63. The SMILES string of the molecule is CC(=O)C(c1ccccc1Br)C(C(C)=O)c1ccccc1Br. The van der Waals surface area contributed by atoms with Crippen LogP contribution in [-0.4, -0.2) is 11.6 Å². The van der Waals surface area contributed by atoms with E-state index < -0.39 is 11.8 Å². The van der Waals surface area contributed by atoms with Gasteiger partial charge in [-0.2, -0.15) is 0 Å². The molecule has 0 N–H and O–H groups in total. The second kappa shape index (κ2) is 7.34. The monoisotopic (exact) mass is 422 g/mol. The Kier molecular flexibility index (Phi) is 5.70. The quantitative estimate of drug-likeness (QED) is 0.657. The van der Waals surface area contributed by atoms with Gasteiger partial charge < -0.3 is 0 Å². The van der Waals surface area contributed by atoms with Crippen molar-refractivity contribution in [2.24, 2.45) is 0 Å². The Morgan fingerprint density at radius 2 is 1.05 bits per heavy atom. The van der Waals surface area contributed by atoms with Gasteiger partial charge in [0.25, 0.3) is 0 Å². The van der Waals surface area contributed by atoms with Gasteiger partial charge in [0.05, 0.1) is 11.8 Å². The molecule has 0 heterocycles. The van der Waals surface area contributed by atoms with E-state index in [0.29, 0.717) is 0 Å². The Bertz CT molecular complexity index is 648. The molecule has 0 saturated heterocycles. The molecule has 22 heavy (non-hydrogen) atoms. The number of Topliss-reactive ketones (excluding diaryl/α,β-unsaturated/α-hetero) is 2. The minimum Gasteiger partial charge on any atom is -0.299 e. The van der Waals surface area contributed by atoms with Gasteiger partial charge in [0, 0.05) is 8.95 Å². The molecule has 2 rings (SSSR count). The molecule has 2 atom stereocenters. The Hall–Kier alpha value is -1.26. The first-order chi connectivity index (χ1) is 10.4. The molecular weight excluding hydrogens is 408 g/mol. The van der Waals surface area contributed by atoms with Crippen LogP contribution in [0.1, 0.15) is 36.8 Å². The van der Waals surface area contributed by atoms with Gasteiger partial charge in [-0.1, -0.05) is 68.3 Å². The molecule has 2 aromatic carbocycles. The fourth-order valence-electron chi connectivity index (χ4n) is 2.72. The summed E-state index contributed by atoms with van der Waals surface area (Å²) >= 11 is 7.00. The first-order valence-corrected chi connectivity index (χ1v) is 8.51. The molecule has 0 aliphatic heterocycles. The Labute approximate surface area is 147 Å². The average Bonchev–Trinajstić information content (AvgIpc) is 2.46. The summed E-state index contributed by atoms with van der Waals surface area (Å²) in [5, 5.41) is 0. The van der Waals surface area contributed by atoms with E-state index in [1.54, 1.807) is 0 Å². The van der Waals surface area contributed by atoms with Crippen molar-refractivity contribution in [3.63, 3.8) is 0 Å². The van der Waals surface area contributed by atoms with Gasteiger partial charge >= 0.3 is 0 Å². The Morgan fingerprint density at radius 3 is 1.32 bits per heavy atom. The summed E-state index contributed by atoms with van der Waals surface area (Å²) in [6.45, 7) is 3.08. The molecule has 0 aliphatic rings. The molecule has 4 heteroatoms. The highest BCUT2D eigenvalue weighted by Crippen LogP contribution is 2.40. The normalized spacial score (nSPS) is 13.5. The molecule has 0 aromatic heterocycles. The topological polar surface area (TPSA) is 34.1 Å². The van der Waals surface area contributed by atoms with Crippen molar-refractivity contribution in [3.05, 3.63) is 68.6 Å². The summed E-state index contributed by atoms with van der Waals surface area (Å²) in [5.41, 5.74) is 1.68. The zero-order valence-corrected chi connectivity index (χ0v) is 15.5. The van der Waals surface area contributed by atoms with Gasteiger partial charge in [0.1, 0.15) is 11.6 Å². The van der Waals surface area contributed by atoms with Gasteiger partial charge in [-0.05, 0) is 37.1 Å². The maximum Gasteiger partial charge on any atom is 0.138 e. The van der Waals surface area contributed by atoms with E-state index >= 15 is 0 Å². The van der Waals surface area contributed by atoms with Crippen LogP contribution in [0, 0.1) is 0 Å². The lowest BCUT2D eigenvalue weighted by atomic mass is 9.77. The molecule has 0 amide bonds. The molecule has 0 bridgehead atoms. The van der Waals surface area contributed by atoms with Crippen molar-refractivity contribution >= 4 is 43.4 Å². The van der Waals surface area contributed by atoms with E-state index in [2.05, 4.69) is 31.9 Å². The molecule has 0 fully saturated rings. The average molecular weight is 424 g/mol. The lowest BCUT2D eigenvalue weighted by Gasteiger charge is -2.25. The number of halogens is 2. The van der Waals surface area contributed by atoms with E-state index in [1.165, 1.54) is 13.8 Å². The molecular formula is C18H16Br2O2. The van der Waals surface area contributed by atoms with Crippen LogP contribution < -0.4 is 0 Å². The molecule has 2 aromatic rings. The van der Waals surface area contributed by atoms with E-state index in [9.17, 15) is 9.59 Å². The second-order valence-electron chi connectivity index (χ2n) is 5.22. The van der Waals surface area contributed by atoms with Crippen molar-refractivity contribution in [3.8, 4) is 0 Å². The van der Waals surface area contributed by atoms with E-state index in [4.69, 9.17) is 0 Å². The van der Waals surface area contributed by atoms with E-state index in [0.717, 1.165) is 20.1 Å². The predicted octanol–water partition coefficient (Wildman–Crippen LogP) is 5.26. The standard InChI is InChI=1S/C18H16Br2O2/c1-11(21)17(13-7-3-5-9-15(13)19)18(12(2)22)14-8-4-6-10-16(14)20/h3-10,17-18H,1-2H3. The number of benzene rings is 2. The molecule has 114 valence electrons. The molecule has 0 spiro atoms. The van der Waals surface area contributed by atoms with Crippen LogP contribution >= 0.6 is 31.9 Å². The molecule has 0 radical (unpaired) electrons. The van der Waals surface area contributed by atoms with Gasteiger partial charge in [-0.15, -0.1) is 0 Å². The van der Waals surface area contributed by atoms with Crippen LogP contribution in [0.15, 0.2) is 57.5 Å². The van der Waals surface area contributed by atoms with Crippen LogP contribution in [0.2, 0.25) is 0 Å². The van der Waals surface area contributed by atoms with Crippen molar-refractivity contribution in [2.75, 3.05) is 0 Å². The summed E-state index contributed by atoms with van der Waals surface area (Å²) in [6.07, 6.45) is 0. The fourth-order valence-corrected chi connectivity index (χ4v) is 3.78. The zero-order chi connectivity index (χ0) is 16.3. The number of hydrogen-bond acceptors (Lipinski definition) is 2. The third-order valence-corrected chi connectivity index (χ3v) is 5.13. The minimum absolute atomic E-state index is 0.0251. The van der Waals surface area contributed by atoms with Crippen molar-refractivity contribution in [1.29, 1.82) is 0 Å². The summed E-state index contributed by atoms with van der Waals surface area (Å²) < 4.78 is 1.68. The predicted molar refractivity (Wildman–Crippen MR) is 95.1 cm³/mol. The van der Waals surface area contributed by atoms with Crippen LogP contribution in [-0.2, 0) is 9.59 Å². The number of carbonyl (C=O) groups is 2. The fraction of sp³-hybridized carbons (Fsp3) is 0.222. The van der Waals surface area contributed by atoms with Crippen molar-refractivity contribution in [2.45, 2.75) is 25.7 Å². The van der Waals surface area contributed by atoms with Crippen LogP contribution in [0.3, 0.4) is 0 Å². The van der Waals surface area contributed by atoms with E-state index in [-0.39, 0.29) is 11.6 Å². The first-order valence-electron chi connectivity index (χ1n) is 6.93. The van der Waals surface area contributed by atoms with E-state index in [1.807, 2.05) is 48.5 Å². The summed E-state index contributed by atoms with van der Waals surface area (Å²) in [7, 11) is 0. The second-order valence-corrected chi connectivity index (χ2v) is 6.93. The van der Waals surface area contributed by atoms with Crippen LogP contribution in [0.25, 0.3) is 0 Å². The summed E-state index contributed by atoms with van der Waals surface area (Å²) in [5.74, 6) is -1.07. The third kappa shape index (κ3) is 3.55. The lowest BCUT2D eigenvalue weighted by Crippen LogP contribution is -2.24. The minimum atomic E-state index is -0.508. The highest BCUT2D eigenvalue weighted by atomic mass is 79.9. The highest BCUT2D eigenvalue weighted by Gasteiger charge is 2.34. The first kappa shape index (κ1) is 17.1. The molecule has 0 saturated carbocycles. The summed E-state index contributed by atoms with van der Waals surface area (Å²) in [4.78, 5) is 24.7. The largest absolute Gasteiger partial charge is 0.299 e. The van der Waals surface area contributed by atoms with Gasteiger partial charge in [0.2, 0.25) is 0 Å². The molecule has 0 aliphatic carbocycles. The van der Waals surface area contributed by atoms with Gasteiger partial charge in [-0.25, -0.2) is 0 Å². The van der Waals surface area contributed by atoms with Crippen LogP contribution in [0.5, 0.6) is 0 Å². The van der Waals surface area contributed by atoms with Gasteiger partial charge in [0.15, 0.2) is 0 Å². The summed E-state index contributed by atoms with van der Waals surface area (Å²) in [6, 6.07) is 15.1. The Morgan fingerprint density at radius 1 is 0.727 bits per heavy atom. The van der Waals surface area contributed by atoms with Crippen molar-refractivity contribution < 1.29 is 9.59 Å². The lowest BCUT2D eigenvalue weighted by molar-refractivity contribution is -0.125. The van der Waals surface area contributed by atoms with Crippen LogP contribution in [0.4, 0.5) is 0 Å². The number of hydrogen-bond donors (Lipinski definition) is 0. The maximum absolute atomic E-state index is 12.3. The highest BCUT2D eigenvalue weighted by molar-refractivity contribution is 9.10. The van der Waals surface area contributed by atoms with Crippen molar-refractivity contribution in [1.82, 2.24) is 0 Å².